The molecule has 0 aliphatic heterocycles. The third kappa shape index (κ3) is 5.81. The van der Waals surface area contributed by atoms with E-state index in [0.717, 1.165) is 28.2 Å². The average Bonchev–Trinajstić information content (AvgIpc) is 3.24. The number of ether oxygens (including phenoxy) is 1. The van der Waals surface area contributed by atoms with Gasteiger partial charge in [0.1, 0.15) is 30.4 Å². The first kappa shape index (κ1) is 23.0. The average molecular weight is 459 g/mol. The van der Waals surface area contributed by atoms with Crippen LogP contribution < -0.4 is 4.74 Å². The fourth-order valence-electron chi connectivity index (χ4n) is 3.42. The maximum absolute atomic E-state index is 11.2. The number of hydrogen-bond donors (Lipinski definition) is 1. The van der Waals surface area contributed by atoms with Crippen LogP contribution in [-0.2, 0) is 22.8 Å². The zero-order chi connectivity index (χ0) is 23.9. The molecule has 4 rings (SSSR count). The van der Waals surface area contributed by atoms with Gasteiger partial charge in [-0.25, -0.2) is 4.98 Å². The second-order valence-electron chi connectivity index (χ2n) is 8.01. The molecule has 3 aromatic rings. The molecule has 7 heteroatoms. The lowest BCUT2D eigenvalue weighted by molar-refractivity contribution is -0.139. The number of carbonyl (C=O) groups is 1. The highest BCUT2D eigenvalue weighted by molar-refractivity contribution is 5.98. The molecule has 1 N–H and O–H groups in total. The Balaban J connectivity index is 1.28. The van der Waals surface area contributed by atoms with Gasteiger partial charge in [-0.2, -0.15) is 0 Å². The summed E-state index contributed by atoms with van der Waals surface area (Å²) in [4.78, 5) is 21.2. The number of carboxylic acid groups (broad SMARTS) is 1. The first-order valence-electron chi connectivity index (χ1n) is 11.0. The first-order valence-corrected chi connectivity index (χ1v) is 11.0. The molecule has 0 spiro atoms. The van der Waals surface area contributed by atoms with Crippen molar-refractivity contribution in [1.29, 1.82) is 0 Å². The van der Waals surface area contributed by atoms with E-state index in [1.807, 2.05) is 73.7 Å². The number of benzene rings is 2. The summed E-state index contributed by atoms with van der Waals surface area (Å²) < 4.78 is 11.7. The minimum absolute atomic E-state index is 0.300. The van der Waals surface area contributed by atoms with Crippen molar-refractivity contribution in [2.24, 2.45) is 11.1 Å². The molecule has 1 heterocycles. The second kappa shape index (κ2) is 10.7. The van der Waals surface area contributed by atoms with Crippen LogP contribution in [0.3, 0.4) is 0 Å². The van der Waals surface area contributed by atoms with Crippen molar-refractivity contribution >= 4 is 11.7 Å². The van der Waals surface area contributed by atoms with E-state index in [1.54, 1.807) is 13.0 Å². The van der Waals surface area contributed by atoms with Crippen LogP contribution in [0, 0.1) is 12.8 Å². The number of aromatic nitrogens is 1. The summed E-state index contributed by atoms with van der Waals surface area (Å²) in [6, 6.07) is 17.3. The summed E-state index contributed by atoms with van der Waals surface area (Å²) in [6.45, 7) is 4.15. The molecule has 0 amide bonds. The van der Waals surface area contributed by atoms with Crippen molar-refractivity contribution < 1.29 is 23.9 Å². The number of nitrogens with zero attached hydrogens (tertiary/aromatic N) is 2. The number of aryl methyl sites for hydroxylation is 1. The van der Waals surface area contributed by atoms with E-state index in [4.69, 9.17) is 14.0 Å². The summed E-state index contributed by atoms with van der Waals surface area (Å²) in [5.41, 5.74) is 4.13. The Morgan fingerprint density at radius 3 is 2.65 bits per heavy atom. The van der Waals surface area contributed by atoms with Crippen LogP contribution in [0.15, 0.2) is 88.0 Å². The van der Waals surface area contributed by atoms with Gasteiger partial charge in [0, 0.05) is 12.0 Å². The number of rotatable bonds is 9. The van der Waals surface area contributed by atoms with Gasteiger partial charge in [0.05, 0.1) is 11.6 Å². The number of hydrogen-bond acceptors (Lipinski definition) is 6. The van der Waals surface area contributed by atoms with E-state index in [9.17, 15) is 9.90 Å². The van der Waals surface area contributed by atoms with Gasteiger partial charge in [-0.05, 0) is 49.8 Å². The summed E-state index contributed by atoms with van der Waals surface area (Å²) in [6.07, 6.45) is 5.90. The van der Waals surface area contributed by atoms with Crippen LogP contribution >= 0.6 is 0 Å². The highest BCUT2D eigenvalue weighted by Gasteiger charge is 2.19. The van der Waals surface area contributed by atoms with E-state index in [1.165, 1.54) is 0 Å². The lowest BCUT2D eigenvalue weighted by Crippen LogP contribution is -2.16. The SMILES string of the molecule is Cc1oc(-c2ccccc2)nc1COc1ccc(CO/N=C2\C=CC=C(C(C)C(=O)O)C2)cc1. The zero-order valence-corrected chi connectivity index (χ0v) is 19.1. The summed E-state index contributed by atoms with van der Waals surface area (Å²) in [5.74, 6) is 0.633. The number of oxime groups is 1. The minimum atomic E-state index is -0.848. The topological polar surface area (TPSA) is 94.2 Å². The van der Waals surface area contributed by atoms with Crippen LogP contribution in [0.4, 0.5) is 0 Å². The number of carboxylic acids is 1. The van der Waals surface area contributed by atoms with E-state index in [2.05, 4.69) is 10.1 Å². The molecule has 0 bridgehead atoms. The van der Waals surface area contributed by atoms with Crippen molar-refractivity contribution in [3.63, 3.8) is 0 Å². The Hall–Kier alpha value is -4.13. The van der Waals surface area contributed by atoms with Crippen molar-refractivity contribution in [1.82, 2.24) is 4.98 Å². The van der Waals surface area contributed by atoms with Gasteiger partial charge < -0.3 is 19.1 Å². The van der Waals surface area contributed by atoms with Crippen LogP contribution in [0.1, 0.15) is 30.4 Å². The predicted octanol–water partition coefficient (Wildman–Crippen LogP) is 5.71. The van der Waals surface area contributed by atoms with E-state index in [0.29, 0.717) is 37.0 Å². The van der Waals surface area contributed by atoms with E-state index >= 15 is 0 Å². The number of aliphatic carboxylic acids is 1. The maximum atomic E-state index is 11.2. The molecule has 1 aliphatic carbocycles. The van der Waals surface area contributed by atoms with Gasteiger partial charge in [-0.3, -0.25) is 4.79 Å². The van der Waals surface area contributed by atoms with Crippen molar-refractivity contribution in [2.75, 3.05) is 0 Å². The molecule has 1 aliphatic rings. The molecule has 1 aromatic heterocycles. The summed E-state index contributed by atoms with van der Waals surface area (Å²) in [5, 5.41) is 13.3. The lowest BCUT2D eigenvalue weighted by atomic mass is 9.92. The Labute approximate surface area is 198 Å². The molecule has 0 fully saturated rings. The Bertz CT molecular complexity index is 1220. The van der Waals surface area contributed by atoms with Gasteiger partial charge in [-0.1, -0.05) is 53.2 Å². The Morgan fingerprint density at radius 1 is 1.15 bits per heavy atom. The number of allylic oxidation sites excluding steroid dienone is 3. The molecule has 1 atom stereocenters. The number of oxazole rings is 1. The maximum Gasteiger partial charge on any atom is 0.310 e. The zero-order valence-electron chi connectivity index (χ0n) is 19.1. The molecule has 7 nitrogen and oxygen atoms in total. The third-order valence-electron chi connectivity index (χ3n) is 5.54. The van der Waals surface area contributed by atoms with Crippen LogP contribution in [0.25, 0.3) is 11.5 Å². The molecular formula is C27H26N2O5. The van der Waals surface area contributed by atoms with Gasteiger partial charge >= 0.3 is 5.97 Å². The Morgan fingerprint density at radius 2 is 1.91 bits per heavy atom. The molecule has 0 radical (unpaired) electrons. The smallest absolute Gasteiger partial charge is 0.310 e. The fourth-order valence-corrected chi connectivity index (χ4v) is 3.42. The third-order valence-corrected chi connectivity index (χ3v) is 5.54. The normalized spacial score (nSPS) is 15.1. The van der Waals surface area contributed by atoms with Crippen molar-refractivity contribution in [2.45, 2.75) is 33.5 Å². The van der Waals surface area contributed by atoms with Crippen LogP contribution in [-0.4, -0.2) is 21.8 Å². The minimum Gasteiger partial charge on any atom is -0.487 e. The molecular weight excluding hydrogens is 432 g/mol. The van der Waals surface area contributed by atoms with Gasteiger partial charge in [0.2, 0.25) is 5.89 Å². The van der Waals surface area contributed by atoms with Crippen molar-refractivity contribution in [3.05, 3.63) is 95.4 Å². The summed E-state index contributed by atoms with van der Waals surface area (Å²) >= 11 is 0. The summed E-state index contributed by atoms with van der Waals surface area (Å²) in [7, 11) is 0. The van der Waals surface area contributed by atoms with Gasteiger partial charge in [-0.15, -0.1) is 0 Å². The van der Waals surface area contributed by atoms with Crippen LogP contribution in [0.5, 0.6) is 5.75 Å². The van der Waals surface area contributed by atoms with Crippen LogP contribution in [0.2, 0.25) is 0 Å². The second-order valence-corrected chi connectivity index (χ2v) is 8.01. The monoisotopic (exact) mass is 458 g/mol. The fraction of sp³-hybridized carbons (Fsp3) is 0.222. The van der Waals surface area contributed by atoms with Gasteiger partial charge in [0.15, 0.2) is 0 Å². The lowest BCUT2D eigenvalue weighted by Gasteiger charge is -2.14. The predicted molar refractivity (Wildman–Crippen MR) is 128 cm³/mol. The molecule has 1 unspecified atom stereocenters. The first-order chi connectivity index (χ1) is 16.5. The van der Waals surface area contributed by atoms with Crippen molar-refractivity contribution in [3.8, 4) is 17.2 Å². The standard InChI is InChI=1S/C27H26N2O5/c1-18(27(30)31)22-9-6-10-23(15-22)29-33-16-20-11-13-24(14-12-20)32-17-25-19(2)34-26(28-25)21-7-4-3-5-8-21/h3-14,18H,15-17H2,1-2H3,(H,30,31)/b29-23+. The van der Waals surface area contributed by atoms with E-state index in [-0.39, 0.29) is 0 Å². The molecule has 0 saturated heterocycles. The quantitative estimate of drug-likeness (QED) is 0.413. The van der Waals surface area contributed by atoms with E-state index < -0.39 is 11.9 Å². The van der Waals surface area contributed by atoms with Gasteiger partial charge in [0.25, 0.3) is 0 Å². The molecule has 0 saturated carbocycles. The Kier molecular flexibility index (Phi) is 7.22. The molecule has 174 valence electrons. The highest BCUT2D eigenvalue weighted by Crippen LogP contribution is 2.23. The molecule has 34 heavy (non-hydrogen) atoms. The largest absolute Gasteiger partial charge is 0.487 e. The highest BCUT2D eigenvalue weighted by atomic mass is 16.6. The molecule has 2 aromatic carbocycles.